The Labute approximate surface area is 248 Å². The van der Waals surface area contributed by atoms with E-state index in [1.54, 1.807) is 72.8 Å². The molecule has 0 atom stereocenters. The summed E-state index contributed by atoms with van der Waals surface area (Å²) in [6.07, 6.45) is 4.17. The molecular weight excluding hydrogens is 551 g/mol. The second-order valence-electron chi connectivity index (χ2n) is 9.09. The number of hydrogen-bond donors (Lipinski definition) is 2. The van der Waals surface area contributed by atoms with Gasteiger partial charge in [-0.2, -0.15) is 0 Å². The van der Waals surface area contributed by atoms with Gasteiger partial charge in [-0.3, -0.25) is 14.4 Å². The average molecular weight is 581 g/mol. The van der Waals surface area contributed by atoms with Crippen molar-refractivity contribution in [3.63, 3.8) is 0 Å². The number of anilines is 1. The van der Waals surface area contributed by atoms with Crippen molar-refractivity contribution in [3.05, 3.63) is 131 Å². The lowest BCUT2D eigenvalue weighted by Gasteiger charge is -2.14. The van der Waals surface area contributed by atoms with E-state index in [0.717, 1.165) is 0 Å². The van der Waals surface area contributed by atoms with Gasteiger partial charge in [0.05, 0.1) is 21.3 Å². The first-order valence-corrected chi connectivity index (χ1v) is 13.1. The minimum Gasteiger partial charge on any atom is -0.493 e. The van der Waals surface area contributed by atoms with Crippen LogP contribution in [0.3, 0.4) is 0 Å². The maximum atomic E-state index is 13.9. The third-order valence-corrected chi connectivity index (χ3v) is 6.27. The van der Waals surface area contributed by atoms with Crippen LogP contribution >= 0.6 is 0 Å². The Kier molecular flexibility index (Phi) is 10.0. The summed E-state index contributed by atoms with van der Waals surface area (Å²) in [6, 6.07) is 24.0. The Hall–Kier alpha value is -5.70. The normalized spacial score (nSPS) is 11.1. The molecule has 0 bridgehead atoms. The predicted molar refractivity (Wildman–Crippen MR) is 163 cm³/mol. The Balaban J connectivity index is 1.58. The fourth-order valence-electron chi connectivity index (χ4n) is 4.08. The molecule has 0 radical (unpaired) electrons. The summed E-state index contributed by atoms with van der Waals surface area (Å²) in [6.45, 7) is 0. The van der Waals surface area contributed by atoms with Gasteiger partial charge < -0.3 is 24.8 Å². The van der Waals surface area contributed by atoms with E-state index in [-0.39, 0.29) is 11.5 Å². The fraction of sp³-hybridized carbons (Fsp3) is 0.0882. The van der Waals surface area contributed by atoms with Crippen molar-refractivity contribution in [2.75, 3.05) is 26.6 Å². The van der Waals surface area contributed by atoms with E-state index in [0.29, 0.717) is 45.2 Å². The molecule has 0 aliphatic heterocycles. The van der Waals surface area contributed by atoms with E-state index in [2.05, 4.69) is 10.6 Å². The first-order valence-electron chi connectivity index (χ1n) is 13.1. The van der Waals surface area contributed by atoms with Crippen molar-refractivity contribution >= 4 is 35.4 Å². The van der Waals surface area contributed by atoms with Crippen LogP contribution in [0, 0.1) is 5.82 Å². The minimum absolute atomic E-state index is 0.0592. The summed E-state index contributed by atoms with van der Waals surface area (Å²) in [4.78, 5) is 39.0. The van der Waals surface area contributed by atoms with Gasteiger partial charge in [0.2, 0.25) is 5.75 Å². The van der Waals surface area contributed by atoms with E-state index in [1.807, 2.05) is 0 Å². The lowest BCUT2D eigenvalue weighted by Crippen LogP contribution is -2.30. The number of rotatable bonds is 11. The maximum absolute atomic E-state index is 13.9. The number of amides is 2. The Morgan fingerprint density at radius 2 is 1.37 bits per heavy atom. The van der Waals surface area contributed by atoms with Crippen LogP contribution in [0.25, 0.3) is 12.2 Å². The van der Waals surface area contributed by atoms with E-state index >= 15 is 0 Å². The zero-order valence-electron chi connectivity index (χ0n) is 23.7. The van der Waals surface area contributed by atoms with E-state index in [1.165, 1.54) is 57.8 Å². The van der Waals surface area contributed by atoms with Crippen molar-refractivity contribution in [1.82, 2.24) is 5.32 Å². The van der Waals surface area contributed by atoms with Crippen LogP contribution < -0.4 is 24.8 Å². The van der Waals surface area contributed by atoms with Gasteiger partial charge in [-0.1, -0.05) is 36.4 Å². The summed E-state index contributed by atoms with van der Waals surface area (Å²) in [5.74, 6) is -0.759. The number of ketones is 1. The van der Waals surface area contributed by atoms with Crippen molar-refractivity contribution in [2.45, 2.75) is 0 Å². The molecule has 0 saturated heterocycles. The monoisotopic (exact) mass is 580 g/mol. The molecule has 0 heterocycles. The summed E-state index contributed by atoms with van der Waals surface area (Å²) in [7, 11) is 4.42. The second-order valence-corrected chi connectivity index (χ2v) is 9.09. The summed E-state index contributed by atoms with van der Waals surface area (Å²) >= 11 is 0. The van der Waals surface area contributed by atoms with Gasteiger partial charge in [-0.25, -0.2) is 4.39 Å². The van der Waals surface area contributed by atoms with Gasteiger partial charge in [-0.15, -0.1) is 0 Å². The molecule has 4 aromatic carbocycles. The molecule has 2 N–H and O–H groups in total. The van der Waals surface area contributed by atoms with Gasteiger partial charge in [0.1, 0.15) is 11.5 Å². The fourth-order valence-corrected chi connectivity index (χ4v) is 4.08. The maximum Gasteiger partial charge on any atom is 0.272 e. The molecule has 43 heavy (non-hydrogen) atoms. The van der Waals surface area contributed by atoms with Crippen LogP contribution in [0.4, 0.5) is 10.1 Å². The first kappa shape index (κ1) is 30.3. The highest BCUT2D eigenvalue weighted by atomic mass is 19.1. The van der Waals surface area contributed by atoms with Gasteiger partial charge in [-0.05, 0) is 78.4 Å². The zero-order valence-corrected chi connectivity index (χ0v) is 23.7. The molecule has 8 nitrogen and oxygen atoms in total. The number of nitrogens with one attached hydrogen (secondary N) is 2. The van der Waals surface area contributed by atoms with Gasteiger partial charge in [0, 0.05) is 22.4 Å². The van der Waals surface area contributed by atoms with Crippen LogP contribution in [0.2, 0.25) is 0 Å². The minimum atomic E-state index is -0.614. The highest BCUT2D eigenvalue weighted by Gasteiger charge is 2.18. The summed E-state index contributed by atoms with van der Waals surface area (Å²) in [5.41, 5.74) is 1.81. The number of carbonyl (C=O) groups excluding carboxylic acids is 3. The molecule has 4 rings (SSSR count). The second kappa shape index (κ2) is 14.3. The Morgan fingerprint density at radius 3 is 1.98 bits per heavy atom. The molecule has 218 valence electrons. The molecule has 0 aromatic heterocycles. The van der Waals surface area contributed by atoms with Crippen LogP contribution in [-0.2, 0) is 4.79 Å². The van der Waals surface area contributed by atoms with Crippen LogP contribution in [-0.4, -0.2) is 38.9 Å². The molecule has 9 heteroatoms. The topological polar surface area (TPSA) is 103 Å². The van der Waals surface area contributed by atoms with E-state index in [9.17, 15) is 18.8 Å². The van der Waals surface area contributed by atoms with Crippen molar-refractivity contribution in [3.8, 4) is 17.2 Å². The summed E-state index contributed by atoms with van der Waals surface area (Å²) < 4.78 is 30.1. The van der Waals surface area contributed by atoms with Gasteiger partial charge in [0.25, 0.3) is 11.8 Å². The third kappa shape index (κ3) is 7.74. The highest BCUT2D eigenvalue weighted by Crippen LogP contribution is 2.38. The number of methoxy groups -OCH3 is 3. The van der Waals surface area contributed by atoms with Crippen molar-refractivity contribution < 1.29 is 33.0 Å². The smallest absolute Gasteiger partial charge is 0.272 e. The quantitative estimate of drug-likeness (QED) is 0.163. The average Bonchev–Trinajstić information content (AvgIpc) is 3.04. The van der Waals surface area contributed by atoms with Gasteiger partial charge in [0.15, 0.2) is 17.3 Å². The first-order chi connectivity index (χ1) is 20.8. The van der Waals surface area contributed by atoms with Crippen molar-refractivity contribution in [2.24, 2.45) is 0 Å². The van der Waals surface area contributed by atoms with Crippen molar-refractivity contribution in [1.29, 1.82) is 0 Å². The zero-order chi connectivity index (χ0) is 30.8. The molecular formula is C34H29FN2O6. The standard InChI is InChI=1S/C34H29FN2O6/c1-41-30-20-22(21-31(42-2)32(30)43-3)19-28(37-33(39)25-10-5-4-6-11-25)34(40)36-26-16-13-24(14-17-26)29(38)18-15-23-9-7-8-12-27(23)35/h4-21H,1-3H3,(H,36,40)(H,37,39)/b18-15+,28-19-. The molecule has 0 spiro atoms. The number of allylic oxidation sites excluding steroid dienone is 1. The molecule has 4 aromatic rings. The number of ether oxygens (including phenoxy) is 3. The van der Waals surface area contributed by atoms with E-state index in [4.69, 9.17) is 14.2 Å². The summed E-state index contributed by atoms with van der Waals surface area (Å²) in [5, 5.41) is 5.42. The van der Waals surface area contributed by atoms with Crippen LogP contribution in [0.5, 0.6) is 17.2 Å². The highest BCUT2D eigenvalue weighted by molar-refractivity contribution is 6.11. The van der Waals surface area contributed by atoms with Gasteiger partial charge >= 0.3 is 0 Å². The van der Waals surface area contributed by atoms with Crippen LogP contribution in [0.15, 0.2) is 103 Å². The molecule has 0 saturated carbocycles. The predicted octanol–water partition coefficient (Wildman–Crippen LogP) is 6.16. The SMILES string of the molecule is COc1cc(/C=C(\NC(=O)c2ccccc2)C(=O)Nc2ccc(C(=O)/C=C/c3ccccc3F)cc2)cc(OC)c1OC. The largest absolute Gasteiger partial charge is 0.493 e. The number of carbonyl (C=O) groups is 3. The lowest BCUT2D eigenvalue weighted by molar-refractivity contribution is -0.113. The molecule has 0 aliphatic rings. The lowest BCUT2D eigenvalue weighted by atomic mass is 10.1. The number of halogens is 1. The Bertz CT molecular complexity index is 1660. The van der Waals surface area contributed by atoms with Crippen LogP contribution in [0.1, 0.15) is 31.8 Å². The molecule has 0 aliphatic carbocycles. The van der Waals surface area contributed by atoms with E-state index < -0.39 is 17.6 Å². The molecule has 0 fully saturated rings. The number of benzene rings is 4. The molecule has 2 amide bonds. The molecule has 0 unspecified atom stereocenters. The third-order valence-electron chi connectivity index (χ3n) is 6.27. The Morgan fingerprint density at radius 1 is 0.744 bits per heavy atom. The number of hydrogen-bond acceptors (Lipinski definition) is 6.